The SMILES string of the molecule is C[C@H](Oc1cc(N2CCN(C)C3(CC3)C2)nc(C(=O)C2=C(N)[C@]3(CCCCC3=O)CCC2)n1)C1CCCN1C. The summed E-state index contributed by atoms with van der Waals surface area (Å²) in [6.45, 7) is 5.83. The van der Waals surface area contributed by atoms with E-state index in [2.05, 4.69) is 40.7 Å². The molecule has 1 aromatic heterocycles. The molecule has 9 heteroatoms. The van der Waals surface area contributed by atoms with Crippen LogP contribution >= 0.6 is 0 Å². The minimum absolute atomic E-state index is 0.0624. The minimum atomic E-state index is -0.685. The van der Waals surface area contributed by atoms with Crippen molar-refractivity contribution in [1.29, 1.82) is 0 Å². The summed E-state index contributed by atoms with van der Waals surface area (Å²) in [7, 11) is 4.34. The molecule has 0 bridgehead atoms. The minimum Gasteiger partial charge on any atom is -0.473 e. The molecule has 5 aliphatic rings. The molecule has 2 aliphatic heterocycles. The van der Waals surface area contributed by atoms with Crippen molar-refractivity contribution in [2.24, 2.45) is 11.1 Å². The summed E-state index contributed by atoms with van der Waals surface area (Å²) in [6.07, 6.45) is 9.78. The first-order valence-electron chi connectivity index (χ1n) is 15.0. The molecule has 1 aromatic rings. The maximum absolute atomic E-state index is 14.1. The number of ether oxygens (including phenoxy) is 1. The molecule has 9 nitrogen and oxygen atoms in total. The van der Waals surface area contributed by atoms with Gasteiger partial charge in [-0.25, -0.2) is 4.98 Å². The number of aromatic nitrogens is 2. The zero-order valence-electron chi connectivity index (χ0n) is 23.9. The van der Waals surface area contributed by atoms with E-state index in [0.29, 0.717) is 36.0 Å². The summed E-state index contributed by atoms with van der Waals surface area (Å²) in [5.74, 6) is 1.26. The maximum Gasteiger partial charge on any atom is 0.228 e. The number of carbonyl (C=O) groups excluding carboxylic acids is 2. The Morgan fingerprint density at radius 3 is 2.56 bits per heavy atom. The number of hydrogen-bond donors (Lipinski definition) is 1. The zero-order chi connectivity index (χ0) is 27.4. The number of ketones is 2. The molecule has 2 saturated heterocycles. The number of carbonyl (C=O) groups is 2. The van der Waals surface area contributed by atoms with Crippen molar-refractivity contribution in [2.75, 3.05) is 45.2 Å². The summed E-state index contributed by atoms with van der Waals surface area (Å²) >= 11 is 0. The second-order valence-electron chi connectivity index (χ2n) is 12.8. The first kappa shape index (κ1) is 26.7. The van der Waals surface area contributed by atoms with E-state index in [1.165, 1.54) is 12.8 Å². The second-order valence-corrected chi connectivity index (χ2v) is 12.8. The number of Topliss-reactive ketones (excluding diaryl/α,β-unsaturated/α-hetero) is 2. The van der Waals surface area contributed by atoms with Gasteiger partial charge in [-0.1, -0.05) is 6.42 Å². The van der Waals surface area contributed by atoms with Gasteiger partial charge in [-0.3, -0.25) is 19.4 Å². The molecule has 39 heavy (non-hydrogen) atoms. The van der Waals surface area contributed by atoms with E-state index in [9.17, 15) is 9.59 Å². The lowest BCUT2D eigenvalue weighted by molar-refractivity contribution is -0.129. The highest BCUT2D eigenvalue weighted by Crippen LogP contribution is 2.47. The highest BCUT2D eigenvalue weighted by molar-refractivity contribution is 6.08. The van der Waals surface area contributed by atoms with Crippen LogP contribution in [0.5, 0.6) is 5.88 Å². The Balaban J connectivity index is 1.34. The van der Waals surface area contributed by atoms with Crippen LogP contribution in [0, 0.1) is 5.41 Å². The molecular weight excluding hydrogens is 492 g/mol. The number of nitrogens with zero attached hydrogens (tertiary/aromatic N) is 5. The van der Waals surface area contributed by atoms with Gasteiger partial charge in [0, 0.05) is 55.0 Å². The Kier molecular flexibility index (Phi) is 6.94. The van der Waals surface area contributed by atoms with E-state index < -0.39 is 5.41 Å². The largest absolute Gasteiger partial charge is 0.473 e. The molecule has 4 fully saturated rings. The first-order valence-corrected chi connectivity index (χ1v) is 15.0. The van der Waals surface area contributed by atoms with Crippen molar-refractivity contribution in [1.82, 2.24) is 19.8 Å². The van der Waals surface area contributed by atoms with E-state index >= 15 is 0 Å². The molecule has 3 aliphatic carbocycles. The van der Waals surface area contributed by atoms with Gasteiger partial charge in [0.25, 0.3) is 0 Å². The van der Waals surface area contributed by atoms with Gasteiger partial charge in [0.2, 0.25) is 17.5 Å². The third-order valence-electron chi connectivity index (χ3n) is 10.4. The molecule has 212 valence electrons. The summed E-state index contributed by atoms with van der Waals surface area (Å²) in [5, 5.41) is 0. The fraction of sp³-hybridized carbons (Fsp3) is 0.733. The Labute approximate surface area is 232 Å². The Morgan fingerprint density at radius 2 is 1.85 bits per heavy atom. The Morgan fingerprint density at radius 1 is 1.05 bits per heavy atom. The number of allylic oxidation sites excluding steroid dienone is 2. The lowest BCUT2D eigenvalue weighted by Gasteiger charge is -2.41. The highest BCUT2D eigenvalue weighted by atomic mass is 16.5. The number of rotatable bonds is 6. The van der Waals surface area contributed by atoms with Gasteiger partial charge in [0.15, 0.2) is 0 Å². The number of anilines is 1. The van der Waals surface area contributed by atoms with Crippen molar-refractivity contribution >= 4 is 17.4 Å². The van der Waals surface area contributed by atoms with Crippen LogP contribution in [0.3, 0.4) is 0 Å². The fourth-order valence-corrected chi connectivity index (χ4v) is 7.61. The summed E-state index contributed by atoms with van der Waals surface area (Å²) in [5.41, 5.74) is 7.22. The van der Waals surface area contributed by atoms with Crippen LogP contribution in [-0.2, 0) is 4.79 Å². The molecule has 0 radical (unpaired) electrons. The first-order chi connectivity index (χ1) is 18.7. The topological polar surface area (TPSA) is 105 Å². The van der Waals surface area contributed by atoms with Gasteiger partial charge in [-0.2, -0.15) is 4.98 Å². The molecule has 2 N–H and O–H groups in total. The predicted octanol–water partition coefficient (Wildman–Crippen LogP) is 3.33. The van der Waals surface area contributed by atoms with Crippen LogP contribution < -0.4 is 15.4 Å². The number of hydrogen-bond acceptors (Lipinski definition) is 9. The molecule has 2 spiro atoms. The van der Waals surface area contributed by atoms with E-state index in [1.807, 2.05) is 6.07 Å². The van der Waals surface area contributed by atoms with Gasteiger partial charge in [0.05, 0.1) is 5.41 Å². The monoisotopic (exact) mass is 536 g/mol. The van der Waals surface area contributed by atoms with E-state index in [0.717, 1.165) is 76.9 Å². The van der Waals surface area contributed by atoms with Crippen molar-refractivity contribution in [2.45, 2.75) is 95.2 Å². The Hall–Kier alpha value is -2.52. The van der Waals surface area contributed by atoms with Crippen molar-refractivity contribution < 1.29 is 14.3 Å². The van der Waals surface area contributed by atoms with Crippen LogP contribution in [0.1, 0.15) is 88.2 Å². The average molecular weight is 537 g/mol. The molecule has 1 unspecified atom stereocenters. The highest BCUT2D eigenvalue weighted by Gasteiger charge is 2.50. The van der Waals surface area contributed by atoms with Crippen LogP contribution in [0.2, 0.25) is 0 Å². The number of nitrogens with two attached hydrogens (primary N) is 1. The van der Waals surface area contributed by atoms with Crippen LogP contribution in [0.25, 0.3) is 0 Å². The summed E-state index contributed by atoms with van der Waals surface area (Å²) < 4.78 is 6.44. The van der Waals surface area contributed by atoms with Gasteiger partial charge < -0.3 is 15.4 Å². The average Bonchev–Trinajstić information content (AvgIpc) is 3.57. The van der Waals surface area contributed by atoms with Crippen molar-refractivity contribution in [3.8, 4) is 5.88 Å². The molecule has 2 saturated carbocycles. The van der Waals surface area contributed by atoms with Crippen LogP contribution in [0.4, 0.5) is 5.82 Å². The number of likely N-dealkylation sites (tertiary alicyclic amines) is 1. The molecular formula is C30H44N6O3. The molecule has 3 heterocycles. The lowest BCUT2D eigenvalue weighted by atomic mass is 9.64. The normalized spacial score (nSPS) is 30.3. The van der Waals surface area contributed by atoms with Gasteiger partial charge in [0.1, 0.15) is 17.7 Å². The number of likely N-dealkylation sites (N-methyl/N-ethyl adjacent to an activating group) is 2. The van der Waals surface area contributed by atoms with E-state index in [-0.39, 0.29) is 29.0 Å². The van der Waals surface area contributed by atoms with Gasteiger partial charge in [-0.05, 0) is 85.4 Å². The van der Waals surface area contributed by atoms with E-state index in [4.69, 9.17) is 15.5 Å². The Bertz CT molecular complexity index is 1180. The van der Waals surface area contributed by atoms with Gasteiger partial charge in [-0.15, -0.1) is 0 Å². The van der Waals surface area contributed by atoms with Crippen molar-refractivity contribution in [3.05, 3.63) is 23.2 Å². The predicted molar refractivity (Wildman–Crippen MR) is 150 cm³/mol. The van der Waals surface area contributed by atoms with Gasteiger partial charge >= 0.3 is 0 Å². The molecule has 0 aromatic carbocycles. The summed E-state index contributed by atoms with van der Waals surface area (Å²) in [4.78, 5) is 43.7. The van der Waals surface area contributed by atoms with Crippen molar-refractivity contribution in [3.63, 3.8) is 0 Å². The summed E-state index contributed by atoms with van der Waals surface area (Å²) in [6, 6.07) is 2.23. The second kappa shape index (κ2) is 10.1. The quantitative estimate of drug-likeness (QED) is 0.548. The fourth-order valence-electron chi connectivity index (χ4n) is 7.61. The third kappa shape index (κ3) is 4.75. The third-order valence-corrected chi connectivity index (χ3v) is 10.4. The smallest absolute Gasteiger partial charge is 0.228 e. The zero-order valence-corrected chi connectivity index (χ0v) is 23.9. The number of piperazine rings is 1. The molecule has 3 atom stereocenters. The maximum atomic E-state index is 14.1. The molecule has 6 rings (SSSR count). The van der Waals surface area contributed by atoms with Crippen LogP contribution in [0.15, 0.2) is 17.3 Å². The van der Waals surface area contributed by atoms with Crippen LogP contribution in [-0.4, -0.2) is 89.3 Å². The standard InChI is InChI=1S/C30H44N6O3/c1-20(22-9-7-15-34(22)2)39-25-18-24(36-17-16-35(3)29(19-36)13-14-29)32-28(33-25)26(38)21-8-6-12-30(27(21)31)11-5-4-10-23(30)37/h18,20,22H,4-17,19,31H2,1-3H3/t20-,22?,30+/m0/s1. The van der Waals surface area contributed by atoms with E-state index in [1.54, 1.807) is 0 Å². The molecule has 0 amide bonds. The lowest BCUT2D eigenvalue weighted by Crippen LogP contribution is -2.53.